The van der Waals surface area contributed by atoms with Crippen LogP contribution in [0.15, 0.2) is 107 Å². The van der Waals surface area contributed by atoms with E-state index < -0.39 is 5.92 Å². The Kier molecular flexibility index (Phi) is 5.19. The number of nitriles is 1. The Bertz CT molecular complexity index is 1510. The second-order valence-electron chi connectivity index (χ2n) is 9.20. The number of carbonyl (C=O) groups is 1. The molecule has 3 aliphatic rings. The van der Waals surface area contributed by atoms with Crippen molar-refractivity contribution >= 4 is 17.3 Å². The first kappa shape index (κ1) is 21.9. The van der Waals surface area contributed by atoms with Crippen LogP contribution in [0.2, 0.25) is 0 Å². The predicted octanol–water partition coefficient (Wildman–Crippen LogP) is 5.15. The summed E-state index contributed by atoms with van der Waals surface area (Å²) in [6, 6.07) is 27.8. The number of hydrogen-bond donors (Lipinski definition) is 1. The van der Waals surface area contributed by atoms with E-state index in [-0.39, 0.29) is 11.7 Å². The number of benzene rings is 3. The van der Waals surface area contributed by atoms with E-state index in [1.807, 2.05) is 71.6 Å². The zero-order valence-electron chi connectivity index (χ0n) is 19.8. The number of para-hydroxylation sites is 1. The van der Waals surface area contributed by atoms with Crippen LogP contribution in [0.25, 0.3) is 0 Å². The molecule has 3 aromatic carbocycles. The second kappa shape index (κ2) is 8.54. The highest BCUT2D eigenvalue weighted by atomic mass is 16.5. The minimum atomic E-state index is -0.520. The number of carbonyl (C=O) groups excluding carboxylic acids is 1. The van der Waals surface area contributed by atoms with E-state index in [9.17, 15) is 10.1 Å². The molecule has 6 heteroatoms. The number of allylic oxidation sites excluding steroid dienone is 3. The Morgan fingerprint density at radius 1 is 0.972 bits per heavy atom. The number of ether oxygens (including phenoxy) is 1. The van der Waals surface area contributed by atoms with Crippen molar-refractivity contribution in [2.24, 2.45) is 10.7 Å². The minimum absolute atomic E-state index is 0.0364. The summed E-state index contributed by atoms with van der Waals surface area (Å²) >= 11 is 0. The standard InChI is InChI=1S/C30H24N4O2/c1-36-21-13-11-19(12-14-21)27-23(17-31)30-33-29(32)22-9-5-6-10-24(22)34(30)25-15-20(16-26(35)28(25)27)18-7-3-2-4-8-18/h2-14,20,27H,15-16H2,1H3,(H2,32,33). The SMILES string of the molecule is COc1ccc(C2C(C#N)=C3N=C(N)c4ccccc4N3C3=C2C(=O)CC(c2ccccc2)C3)cc1. The van der Waals surface area contributed by atoms with Crippen molar-refractivity contribution in [3.05, 3.63) is 118 Å². The van der Waals surface area contributed by atoms with E-state index in [0.29, 0.717) is 41.4 Å². The van der Waals surface area contributed by atoms with Crippen LogP contribution in [-0.2, 0) is 4.79 Å². The van der Waals surface area contributed by atoms with Gasteiger partial charge in [-0.15, -0.1) is 0 Å². The first-order valence-corrected chi connectivity index (χ1v) is 11.9. The number of Topliss-reactive ketones (excluding diaryl/α,β-unsaturated/α-hetero) is 1. The number of ketones is 1. The Balaban J connectivity index is 1.60. The normalized spacial score (nSPS) is 20.7. The first-order valence-electron chi connectivity index (χ1n) is 11.9. The zero-order chi connectivity index (χ0) is 24.8. The topological polar surface area (TPSA) is 91.7 Å². The molecule has 2 aliphatic heterocycles. The van der Waals surface area contributed by atoms with Gasteiger partial charge in [-0.3, -0.25) is 9.69 Å². The molecule has 0 radical (unpaired) electrons. The highest BCUT2D eigenvalue weighted by Crippen LogP contribution is 2.51. The lowest BCUT2D eigenvalue weighted by Crippen LogP contribution is -2.40. The number of amidine groups is 1. The third-order valence-electron chi connectivity index (χ3n) is 7.27. The third kappa shape index (κ3) is 3.32. The van der Waals surface area contributed by atoms with E-state index in [1.165, 1.54) is 0 Å². The fourth-order valence-corrected chi connectivity index (χ4v) is 5.61. The molecule has 0 aromatic heterocycles. The molecule has 0 fully saturated rings. The number of hydrogen-bond acceptors (Lipinski definition) is 6. The molecule has 0 saturated heterocycles. The van der Waals surface area contributed by atoms with E-state index in [0.717, 1.165) is 28.1 Å². The summed E-state index contributed by atoms with van der Waals surface area (Å²) in [5.74, 6) is 1.14. The Labute approximate surface area is 209 Å². The van der Waals surface area contributed by atoms with Crippen LogP contribution in [0.3, 0.4) is 0 Å². The zero-order valence-corrected chi connectivity index (χ0v) is 19.8. The van der Waals surface area contributed by atoms with E-state index in [4.69, 9.17) is 15.5 Å². The van der Waals surface area contributed by atoms with Crippen LogP contribution >= 0.6 is 0 Å². The Morgan fingerprint density at radius 3 is 2.42 bits per heavy atom. The predicted molar refractivity (Wildman–Crippen MR) is 138 cm³/mol. The maximum Gasteiger partial charge on any atom is 0.162 e. The van der Waals surface area contributed by atoms with Gasteiger partial charge in [0.25, 0.3) is 0 Å². The van der Waals surface area contributed by atoms with Crippen LogP contribution < -0.4 is 15.4 Å². The van der Waals surface area contributed by atoms with Crippen molar-refractivity contribution in [1.82, 2.24) is 0 Å². The average Bonchev–Trinajstić information content (AvgIpc) is 2.92. The van der Waals surface area contributed by atoms with Crippen LogP contribution in [0, 0.1) is 11.3 Å². The Hall–Kier alpha value is -4.63. The molecule has 2 N–H and O–H groups in total. The van der Waals surface area contributed by atoms with Crippen molar-refractivity contribution in [3.8, 4) is 11.8 Å². The number of nitrogens with two attached hydrogens (primary N) is 1. The van der Waals surface area contributed by atoms with Crippen molar-refractivity contribution in [1.29, 1.82) is 5.26 Å². The summed E-state index contributed by atoms with van der Waals surface area (Å²) in [4.78, 5) is 20.7. The average molecular weight is 473 g/mol. The molecule has 3 aromatic rings. The van der Waals surface area contributed by atoms with E-state index >= 15 is 0 Å². The van der Waals surface area contributed by atoms with E-state index in [2.05, 4.69) is 18.2 Å². The molecule has 2 unspecified atom stereocenters. The van der Waals surface area contributed by atoms with Gasteiger partial charge in [-0.05, 0) is 47.7 Å². The number of nitrogens with zero attached hydrogens (tertiary/aromatic N) is 3. The van der Waals surface area contributed by atoms with Gasteiger partial charge in [0.2, 0.25) is 0 Å². The van der Waals surface area contributed by atoms with Crippen LogP contribution in [0.4, 0.5) is 5.69 Å². The highest BCUT2D eigenvalue weighted by Gasteiger charge is 2.45. The van der Waals surface area contributed by atoms with Crippen molar-refractivity contribution in [3.63, 3.8) is 0 Å². The van der Waals surface area contributed by atoms with Crippen molar-refractivity contribution in [2.75, 3.05) is 12.0 Å². The first-order chi connectivity index (χ1) is 17.6. The molecule has 6 rings (SSSR count). The molecule has 0 saturated carbocycles. The van der Waals surface area contributed by atoms with Gasteiger partial charge in [-0.2, -0.15) is 5.26 Å². The lowest BCUT2D eigenvalue weighted by Gasteiger charge is -2.43. The third-order valence-corrected chi connectivity index (χ3v) is 7.27. The monoisotopic (exact) mass is 472 g/mol. The van der Waals surface area contributed by atoms with Gasteiger partial charge < -0.3 is 10.5 Å². The lowest BCUT2D eigenvalue weighted by atomic mass is 9.71. The molecule has 2 atom stereocenters. The molecule has 1 aliphatic carbocycles. The summed E-state index contributed by atoms with van der Waals surface area (Å²) in [7, 11) is 1.61. The van der Waals surface area contributed by atoms with Gasteiger partial charge >= 0.3 is 0 Å². The van der Waals surface area contributed by atoms with Gasteiger partial charge in [-0.1, -0.05) is 54.6 Å². The smallest absolute Gasteiger partial charge is 0.162 e. The number of methoxy groups -OCH3 is 1. The summed E-state index contributed by atoms with van der Waals surface area (Å²) in [5, 5.41) is 10.4. The molecule has 2 heterocycles. The number of anilines is 1. The number of aliphatic imine (C=N–C) groups is 1. The molecule has 36 heavy (non-hydrogen) atoms. The van der Waals surface area contributed by atoms with Gasteiger partial charge in [0.1, 0.15) is 11.6 Å². The molecule has 0 bridgehead atoms. The van der Waals surface area contributed by atoms with Gasteiger partial charge in [0.05, 0.1) is 30.4 Å². The minimum Gasteiger partial charge on any atom is -0.497 e. The molecule has 0 spiro atoms. The maximum atomic E-state index is 13.9. The Morgan fingerprint density at radius 2 is 1.69 bits per heavy atom. The van der Waals surface area contributed by atoms with Gasteiger partial charge in [-0.25, -0.2) is 4.99 Å². The number of rotatable bonds is 3. The second-order valence-corrected chi connectivity index (χ2v) is 9.20. The van der Waals surface area contributed by atoms with Crippen LogP contribution in [-0.4, -0.2) is 18.7 Å². The number of fused-ring (bicyclic) bond motifs is 4. The largest absolute Gasteiger partial charge is 0.497 e. The van der Waals surface area contributed by atoms with Crippen LogP contribution in [0.5, 0.6) is 5.75 Å². The molecule has 0 amide bonds. The maximum absolute atomic E-state index is 13.9. The molecule has 176 valence electrons. The molecular weight excluding hydrogens is 448 g/mol. The summed E-state index contributed by atoms with van der Waals surface area (Å²) in [5.41, 5.74) is 12.0. The van der Waals surface area contributed by atoms with Gasteiger partial charge in [0, 0.05) is 23.3 Å². The van der Waals surface area contributed by atoms with Crippen molar-refractivity contribution < 1.29 is 9.53 Å². The quantitative estimate of drug-likeness (QED) is 0.569. The lowest BCUT2D eigenvalue weighted by molar-refractivity contribution is -0.116. The highest BCUT2D eigenvalue weighted by molar-refractivity contribution is 6.08. The fourth-order valence-electron chi connectivity index (χ4n) is 5.61. The molecular formula is C30H24N4O2. The van der Waals surface area contributed by atoms with Gasteiger partial charge in [0.15, 0.2) is 11.6 Å². The summed E-state index contributed by atoms with van der Waals surface area (Å²) in [6.45, 7) is 0. The summed E-state index contributed by atoms with van der Waals surface area (Å²) in [6.07, 6.45) is 1.05. The van der Waals surface area contributed by atoms with Crippen molar-refractivity contribution in [2.45, 2.75) is 24.7 Å². The summed E-state index contributed by atoms with van der Waals surface area (Å²) < 4.78 is 5.34. The molecule has 6 nitrogen and oxygen atoms in total. The fraction of sp³-hybridized carbons (Fsp3) is 0.167. The van der Waals surface area contributed by atoms with E-state index in [1.54, 1.807) is 7.11 Å². The van der Waals surface area contributed by atoms with Crippen LogP contribution in [0.1, 0.15) is 41.4 Å².